The van der Waals surface area contributed by atoms with E-state index < -0.39 is 15.8 Å². The van der Waals surface area contributed by atoms with E-state index in [1.54, 1.807) is 6.20 Å². The molecule has 0 N–H and O–H groups in total. The number of aromatic nitrogens is 1. The van der Waals surface area contributed by atoms with E-state index in [2.05, 4.69) is 9.88 Å². The molecule has 1 saturated heterocycles. The Hall–Kier alpha value is -2.03. The van der Waals surface area contributed by atoms with Crippen LogP contribution >= 0.6 is 0 Å². The molecule has 0 amide bonds. The summed E-state index contributed by atoms with van der Waals surface area (Å²) in [5.41, 5.74) is 1.02. The van der Waals surface area contributed by atoms with Crippen LogP contribution < -0.4 is 4.74 Å². The lowest BCUT2D eigenvalue weighted by atomic mass is 10.2. The summed E-state index contributed by atoms with van der Waals surface area (Å²) in [4.78, 5) is 6.47. The molecule has 2 heterocycles. The molecule has 1 aromatic carbocycles. The van der Waals surface area contributed by atoms with Crippen LogP contribution in [0.15, 0.2) is 47.5 Å². The maximum Gasteiger partial charge on any atom is 0.243 e. The van der Waals surface area contributed by atoms with Gasteiger partial charge in [0.15, 0.2) is 11.6 Å². The van der Waals surface area contributed by atoms with Gasteiger partial charge in [0, 0.05) is 51.0 Å². The van der Waals surface area contributed by atoms with Gasteiger partial charge in [-0.25, -0.2) is 12.8 Å². The zero-order chi connectivity index (χ0) is 18.6. The first-order chi connectivity index (χ1) is 12.5. The summed E-state index contributed by atoms with van der Waals surface area (Å²) in [6, 6.07) is 9.56. The molecular formula is C18H22FN3O3S. The summed E-state index contributed by atoms with van der Waals surface area (Å²) in [6.45, 7) is 2.90. The maximum absolute atomic E-state index is 13.8. The molecule has 140 valence electrons. The highest BCUT2D eigenvalue weighted by molar-refractivity contribution is 7.89. The smallest absolute Gasteiger partial charge is 0.243 e. The topological polar surface area (TPSA) is 62.7 Å². The third kappa shape index (κ3) is 4.20. The second-order valence-electron chi connectivity index (χ2n) is 6.11. The lowest BCUT2D eigenvalue weighted by Crippen LogP contribution is -2.49. The minimum Gasteiger partial charge on any atom is -0.494 e. The van der Waals surface area contributed by atoms with E-state index in [-0.39, 0.29) is 10.6 Å². The molecule has 0 spiro atoms. The molecular weight excluding hydrogens is 357 g/mol. The van der Waals surface area contributed by atoms with E-state index in [0.717, 1.165) is 24.7 Å². The van der Waals surface area contributed by atoms with Crippen molar-refractivity contribution in [3.05, 3.63) is 54.1 Å². The Labute approximate surface area is 153 Å². The second-order valence-corrected chi connectivity index (χ2v) is 8.05. The predicted octanol–water partition coefficient (Wildman–Crippen LogP) is 1.78. The van der Waals surface area contributed by atoms with Gasteiger partial charge >= 0.3 is 0 Å². The van der Waals surface area contributed by atoms with Crippen molar-refractivity contribution in [3.63, 3.8) is 0 Å². The van der Waals surface area contributed by atoms with Gasteiger partial charge in [-0.05, 0) is 30.3 Å². The average Bonchev–Trinajstić information content (AvgIpc) is 2.67. The van der Waals surface area contributed by atoms with Gasteiger partial charge in [-0.15, -0.1) is 0 Å². The largest absolute Gasteiger partial charge is 0.494 e. The lowest BCUT2D eigenvalue weighted by molar-refractivity contribution is 0.189. The Bertz CT molecular complexity index is 838. The number of benzene rings is 1. The SMILES string of the molecule is COc1ccc(S(=O)(=O)N2CCN(CCc3ccccn3)CC2)cc1F. The first kappa shape index (κ1) is 18.8. The van der Waals surface area contributed by atoms with E-state index >= 15 is 0 Å². The highest BCUT2D eigenvalue weighted by Crippen LogP contribution is 2.23. The molecule has 8 heteroatoms. The summed E-state index contributed by atoms with van der Waals surface area (Å²) < 4.78 is 45.5. The lowest BCUT2D eigenvalue weighted by Gasteiger charge is -2.33. The van der Waals surface area contributed by atoms with Crippen molar-refractivity contribution in [1.29, 1.82) is 0 Å². The Morgan fingerprint density at radius 3 is 2.54 bits per heavy atom. The fourth-order valence-electron chi connectivity index (χ4n) is 2.97. The minimum atomic E-state index is -3.70. The molecule has 2 aromatic rings. The number of sulfonamides is 1. The van der Waals surface area contributed by atoms with E-state index in [0.29, 0.717) is 26.2 Å². The molecule has 0 saturated carbocycles. The zero-order valence-corrected chi connectivity index (χ0v) is 15.5. The average molecular weight is 379 g/mol. The fraction of sp³-hybridized carbons (Fsp3) is 0.389. The van der Waals surface area contributed by atoms with Crippen LogP contribution in [-0.4, -0.2) is 62.4 Å². The Morgan fingerprint density at radius 1 is 1.15 bits per heavy atom. The summed E-state index contributed by atoms with van der Waals surface area (Å²) >= 11 is 0. The van der Waals surface area contributed by atoms with E-state index in [4.69, 9.17) is 4.74 Å². The van der Waals surface area contributed by atoms with Crippen LogP contribution in [0.3, 0.4) is 0 Å². The number of pyridine rings is 1. The molecule has 3 rings (SSSR count). The van der Waals surface area contributed by atoms with Gasteiger partial charge in [0.05, 0.1) is 12.0 Å². The molecule has 0 unspecified atom stereocenters. The molecule has 0 atom stereocenters. The van der Waals surface area contributed by atoms with Crippen molar-refractivity contribution in [1.82, 2.24) is 14.2 Å². The summed E-state index contributed by atoms with van der Waals surface area (Å²) in [5, 5.41) is 0. The molecule has 1 aliphatic heterocycles. The van der Waals surface area contributed by atoms with Crippen LogP contribution in [-0.2, 0) is 16.4 Å². The minimum absolute atomic E-state index is 0.0308. The van der Waals surface area contributed by atoms with Crippen LogP contribution in [0.4, 0.5) is 4.39 Å². The van der Waals surface area contributed by atoms with Crippen LogP contribution in [0.25, 0.3) is 0 Å². The Morgan fingerprint density at radius 2 is 1.92 bits per heavy atom. The van der Waals surface area contributed by atoms with Crippen molar-refractivity contribution >= 4 is 10.0 Å². The number of halogens is 1. The van der Waals surface area contributed by atoms with Gasteiger partial charge in [0.25, 0.3) is 0 Å². The summed E-state index contributed by atoms with van der Waals surface area (Å²) in [6.07, 6.45) is 2.60. The van der Waals surface area contributed by atoms with Crippen molar-refractivity contribution in [2.75, 3.05) is 39.8 Å². The Balaban J connectivity index is 1.59. The normalized spacial score (nSPS) is 16.5. The third-order valence-electron chi connectivity index (χ3n) is 4.50. The maximum atomic E-state index is 13.8. The highest BCUT2D eigenvalue weighted by Gasteiger charge is 2.29. The molecule has 0 radical (unpaired) electrons. The number of ether oxygens (including phenoxy) is 1. The zero-order valence-electron chi connectivity index (χ0n) is 14.6. The van der Waals surface area contributed by atoms with Crippen LogP contribution in [0.1, 0.15) is 5.69 Å². The molecule has 1 aliphatic rings. The van der Waals surface area contributed by atoms with Crippen molar-refractivity contribution in [2.24, 2.45) is 0 Å². The van der Waals surface area contributed by atoms with Gasteiger partial charge in [0.1, 0.15) is 0 Å². The third-order valence-corrected chi connectivity index (χ3v) is 6.40. The number of hydrogen-bond acceptors (Lipinski definition) is 5. The molecule has 0 aliphatic carbocycles. The fourth-order valence-corrected chi connectivity index (χ4v) is 4.40. The van der Waals surface area contributed by atoms with Crippen LogP contribution in [0.5, 0.6) is 5.75 Å². The van der Waals surface area contributed by atoms with Gasteiger partial charge in [-0.1, -0.05) is 6.07 Å². The first-order valence-corrected chi connectivity index (χ1v) is 9.90. The molecule has 26 heavy (non-hydrogen) atoms. The monoisotopic (exact) mass is 379 g/mol. The van der Waals surface area contributed by atoms with Gasteiger partial charge in [-0.2, -0.15) is 4.31 Å². The summed E-state index contributed by atoms with van der Waals surface area (Å²) in [7, 11) is -2.36. The highest BCUT2D eigenvalue weighted by atomic mass is 32.2. The number of piperazine rings is 1. The van der Waals surface area contributed by atoms with E-state index in [1.165, 1.54) is 23.5 Å². The molecule has 6 nitrogen and oxygen atoms in total. The van der Waals surface area contributed by atoms with E-state index in [9.17, 15) is 12.8 Å². The molecule has 1 fully saturated rings. The van der Waals surface area contributed by atoms with Gasteiger partial charge < -0.3 is 9.64 Å². The quantitative estimate of drug-likeness (QED) is 0.766. The summed E-state index contributed by atoms with van der Waals surface area (Å²) in [5.74, 6) is -0.647. The van der Waals surface area contributed by atoms with Crippen LogP contribution in [0, 0.1) is 5.82 Å². The second kappa shape index (κ2) is 8.11. The standard InChI is InChI=1S/C18H22FN3O3S/c1-25-18-6-5-16(14-17(18)19)26(23,24)22-12-10-21(11-13-22)9-7-15-4-2-3-8-20-15/h2-6,8,14H,7,9-13H2,1H3. The van der Waals surface area contributed by atoms with Crippen molar-refractivity contribution in [3.8, 4) is 5.75 Å². The number of nitrogens with zero attached hydrogens (tertiary/aromatic N) is 3. The van der Waals surface area contributed by atoms with Crippen LogP contribution in [0.2, 0.25) is 0 Å². The number of methoxy groups -OCH3 is 1. The molecule has 1 aromatic heterocycles. The predicted molar refractivity (Wildman–Crippen MR) is 96.1 cm³/mol. The number of hydrogen-bond donors (Lipinski definition) is 0. The van der Waals surface area contributed by atoms with Crippen molar-refractivity contribution < 1.29 is 17.5 Å². The number of rotatable bonds is 6. The molecule has 0 bridgehead atoms. The first-order valence-electron chi connectivity index (χ1n) is 8.46. The Kier molecular flexibility index (Phi) is 5.85. The van der Waals surface area contributed by atoms with Gasteiger partial charge in [0.2, 0.25) is 10.0 Å². The van der Waals surface area contributed by atoms with E-state index in [1.807, 2.05) is 18.2 Å². The van der Waals surface area contributed by atoms with Gasteiger partial charge in [-0.3, -0.25) is 4.98 Å². The van der Waals surface area contributed by atoms with Crippen molar-refractivity contribution in [2.45, 2.75) is 11.3 Å².